The van der Waals surface area contributed by atoms with Crippen molar-refractivity contribution in [2.75, 3.05) is 6.54 Å². The molecule has 1 aromatic heterocycles. The van der Waals surface area contributed by atoms with Gasteiger partial charge in [-0.25, -0.2) is 4.79 Å². The highest BCUT2D eigenvalue weighted by molar-refractivity contribution is 7.10. The number of nitrogens with zero attached hydrogens (tertiary/aromatic N) is 1. The average Bonchev–Trinajstić information content (AvgIpc) is 2.59. The van der Waals surface area contributed by atoms with E-state index in [0.29, 0.717) is 19.5 Å². The lowest BCUT2D eigenvalue weighted by Gasteiger charge is -2.24. The first-order chi connectivity index (χ1) is 6.72. The minimum atomic E-state index is -0.892. The molecule has 4 nitrogen and oxygen atoms in total. The van der Waals surface area contributed by atoms with Gasteiger partial charge in [-0.2, -0.15) is 0 Å². The van der Waals surface area contributed by atoms with Gasteiger partial charge in [0.05, 0.1) is 6.54 Å². The van der Waals surface area contributed by atoms with Gasteiger partial charge in [-0.05, 0) is 12.0 Å². The second kappa shape index (κ2) is 3.42. The van der Waals surface area contributed by atoms with Crippen LogP contribution in [0.25, 0.3) is 0 Å². The second-order valence-electron chi connectivity index (χ2n) is 3.16. The molecule has 2 rings (SSSR count). The zero-order valence-corrected chi connectivity index (χ0v) is 8.21. The van der Waals surface area contributed by atoms with E-state index >= 15 is 0 Å². The van der Waals surface area contributed by atoms with Gasteiger partial charge in [0.15, 0.2) is 6.29 Å². The fourth-order valence-electron chi connectivity index (χ4n) is 1.62. The summed E-state index contributed by atoms with van der Waals surface area (Å²) in [6, 6.07) is 0. The Morgan fingerprint density at radius 2 is 2.43 bits per heavy atom. The van der Waals surface area contributed by atoms with Crippen LogP contribution in [0, 0.1) is 0 Å². The van der Waals surface area contributed by atoms with E-state index < -0.39 is 6.09 Å². The summed E-state index contributed by atoms with van der Waals surface area (Å²) in [5.41, 5.74) is 1.75. The van der Waals surface area contributed by atoms with Gasteiger partial charge in [0, 0.05) is 22.4 Å². The third kappa shape index (κ3) is 1.39. The lowest BCUT2D eigenvalue weighted by atomic mass is 10.0. The molecular weight excluding hydrogens is 202 g/mol. The van der Waals surface area contributed by atoms with Gasteiger partial charge in [-0.1, -0.05) is 0 Å². The Balaban J connectivity index is 2.28. The Bertz CT molecular complexity index is 385. The van der Waals surface area contributed by atoms with Crippen LogP contribution in [-0.4, -0.2) is 28.9 Å². The molecule has 1 N–H and O–H groups in total. The van der Waals surface area contributed by atoms with Crippen molar-refractivity contribution in [3.8, 4) is 0 Å². The number of rotatable bonds is 1. The molecule has 0 aliphatic carbocycles. The fraction of sp³-hybridized carbons (Fsp3) is 0.333. The van der Waals surface area contributed by atoms with Gasteiger partial charge in [0.2, 0.25) is 0 Å². The van der Waals surface area contributed by atoms with Crippen LogP contribution in [-0.2, 0) is 13.0 Å². The maximum Gasteiger partial charge on any atom is 0.407 e. The highest BCUT2D eigenvalue weighted by Gasteiger charge is 2.23. The van der Waals surface area contributed by atoms with Crippen molar-refractivity contribution >= 4 is 23.7 Å². The van der Waals surface area contributed by atoms with Crippen LogP contribution in [0.2, 0.25) is 0 Å². The molecule has 74 valence electrons. The number of fused-ring (bicyclic) bond motifs is 1. The van der Waals surface area contributed by atoms with E-state index in [1.54, 1.807) is 5.38 Å². The summed E-state index contributed by atoms with van der Waals surface area (Å²) in [7, 11) is 0. The van der Waals surface area contributed by atoms with Gasteiger partial charge in [0.25, 0.3) is 0 Å². The van der Waals surface area contributed by atoms with E-state index in [0.717, 1.165) is 22.3 Å². The van der Waals surface area contributed by atoms with Crippen molar-refractivity contribution in [2.45, 2.75) is 13.0 Å². The molecule has 0 atom stereocenters. The Kier molecular flexibility index (Phi) is 2.25. The normalized spacial score (nSPS) is 15.0. The lowest BCUT2D eigenvalue weighted by Crippen LogP contribution is -2.34. The van der Waals surface area contributed by atoms with Crippen molar-refractivity contribution in [1.29, 1.82) is 0 Å². The van der Waals surface area contributed by atoms with Crippen molar-refractivity contribution in [1.82, 2.24) is 4.90 Å². The molecule has 1 aromatic rings. The summed E-state index contributed by atoms with van der Waals surface area (Å²) in [5.74, 6) is 0. The zero-order valence-electron chi connectivity index (χ0n) is 7.40. The predicted molar refractivity (Wildman–Crippen MR) is 51.8 cm³/mol. The smallest absolute Gasteiger partial charge is 0.407 e. The van der Waals surface area contributed by atoms with Crippen molar-refractivity contribution in [2.24, 2.45) is 0 Å². The monoisotopic (exact) mass is 211 g/mol. The zero-order chi connectivity index (χ0) is 10.1. The van der Waals surface area contributed by atoms with E-state index in [2.05, 4.69) is 0 Å². The molecule has 5 heteroatoms. The van der Waals surface area contributed by atoms with Crippen LogP contribution in [0.5, 0.6) is 0 Å². The van der Waals surface area contributed by atoms with Crippen LogP contribution in [0.3, 0.4) is 0 Å². The van der Waals surface area contributed by atoms with Crippen molar-refractivity contribution < 1.29 is 14.7 Å². The van der Waals surface area contributed by atoms with Crippen LogP contribution >= 0.6 is 11.3 Å². The highest BCUT2D eigenvalue weighted by atomic mass is 32.1. The SMILES string of the molecule is O=Cc1csc2c1CCN(C(=O)O)C2. The molecular formula is C9H9NO3S. The van der Waals surface area contributed by atoms with Gasteiger partial charge >= 0.3 is 6.09 Å². The van der Waals surface area contributed by atoms with E-state index in [9.17, 15) is 9.59 Å². The summed E-state index contributed by atoms with van der Waals surface area (Å²) in [6.45, 7) is 0.906. The first kappa shape index (κ1) is 9.21. The van der Waals surface area contributed by atoms with Gasteiger partial charge in [-0.15, -0.1) is 11.3 Å². The minimum absolute atomic E-state index is 0.420. The first-order valence-electron chi connectivity index (χ1n) is 4.24. The number of amides is 1. The van der Waals surface area contributed by atoms with E-state index in [4.69, 9.17) is 5.11 Å². The molecule has 0 spiro atoms. The molecule has 14 heavy (non-hydrogen) atoms. The molecule has 1 aliphatic heterocycles. The van der Waals surface area contributed by atoms with Crippen molar-refractivity contribution in [3.63, 3.8) is 0 Å². The van der Waals surface area contributed by atoms with Crippen LogP contribution in [0.4, 0.5) is 4.79 Å². The summed E-state index contributed by atoms with van der Waals surface area (Å²) in [4.78, 5) is 23.7. The van der Waals surface area contributed by atoms with Crippen LogP contribution in [0.1, 0.15) is 20.8 Å². The number of carboxylic acid groups (broad SMARTS) is 1. The quantitative estimate of drug-likeness (QED) is 0.718. The van der Waals surface area contributed by atoms with Gasteiger partial charge in [-0.3, -0.25) is 4.79 Å². The summed E-state index contributed by atoms with van der Waals surface area (Å²) < 4.78 is 0. The number of hydrogen-bond donors (Lipinski definition) is 1. The van der Waals surface area contributed by atoms with Crippen LogP contribution < -0.4 is 0 Å². The maximum absolute atomic E-state index is 10.7. The fourth-order valence-corrected chi connectivity index (χ4v) is 2.68. The Hall–Kier alpha value is -1.36. The second-order valence-corrected chi connectivity index (χ2v) is 4.13. The largest absolute Gasteiger partial charge is 0.465 e. The molecule has 0 saturated heterocycles. The topological polar surface area (TPSA) is 57.6 Å². The molecule has 0 bridgehead atoms. The van der Waals surface area contributed by atoms with Crippen molar-refractivity contribution in [3.05, 3.63) is 21.4 Å². The summed E-state index contributed by atoms with van der Waals surface area (Å²) in [5, 5.41) is 10.6. The molecule has 2 heterocycles. The third-order valence-electron chi connectivity index (χ3n) is 2.38. The maximum atomic E-state index is 10.7. The summed E-state index contributed by atoms with van der Waals surface area (Å²) in [6.07, 6.45) is 0.599. The molecule has 0 fully saturated rings. The van der Waals surface area contributed by atoms with Crippen LogP contribution in [0.15, 0.2) is 5.38 Å². The Morgan fingerprint density at radius 3 is 3.07 bits per heavy atom. The predicted octanol–water partition coefficient (Wildman–Crippen LogP) is 1.60. The third-order valence-corrected chi connectivity index (χ3v) is 3.41. The molecule has 0 radical (unpaired) electrons. The number of aldehydes is 1. The summed E-state index contributed by atoms with van der Waals surface area (Å²) >= 11 is 1.46. The average molecular weight is 211 g/mol. The highest BCUT2D eigenvalue weighted by Crippen LogP contribution is 2.27. The van der Waals surface area contributed by atoms with Gasteiger partial charge < -0.3 is 10.0 Å². The number of thiophene rings is 1. The lowest BCUT2D eigenvalue weighted by molar-refractivity contribution is 0.112. The Labute approximate surface area is 84.8 Å². The molecule has 0 saturated carbocycles. The molecule has 1 amide bonds. The standard InChI is InChI=1S/C9H9NO3S/c11-4-6-5-14-8-3-10(9(12)13)2-1-7(6)8/h4-5H,1-3H2,(H,12,13). The molecule has 0 unspecified atom stereocenters. The first-order valence-corrected chi connectivity index (χ1v) is 5.12. The Morgan fingerprint density at radius 1 is 1.64 bits per heavy atom. The van der Waals surface area contributed by atoms with Gasteiger partial charge in [0.1, 0.15) is 0 Å². The molecule has 1 aliphatic rings. The number of carbonyl (C=O) groups is 2. The number of carbonyl (C=O) groups excluding carboxylic acids is 1. The van der Waals surface area contributed by atoms with E-state index in [-0.39, 0.29) is 0 Å². The van der Waals surface area contributed by atoms with E-state index in [1.165, 1.54) is 16.2 Å². The molecule has 0 aromatic carbocycles. The minimum Gasteiger partial charge on any atom is -0.465 e. The number of hydrogen-bond acceptors (Lipinski definition) is 3. The van der Waals surface area contributed by atoms with E-state index in [1.807, 2.05) is 0 Å².